The molecule has 1 N–H and O–H groups in total. The Morgan fingerprint density at radius 3 is 2.95 bits per heavy atom. The second-order valence-corrected chi connectivity index (χ2v) is 8.73. The molecular weight excluding hydrogens is 280 g/mol. The monoisotopic (exact) mass is 314 g/mol. The SMILES string of the molecule is CCC1CN(CC2(CNCC(C)C)CCCOC2)CCS1. The molecule has 0 amide bonds. The summed E-state index contributed by atoms with van der Waals surface area (Å²) in [5.74, 6) is 2.02. The number of ether oxygens (including phenoxy) is 1. The van der Waals surface area contributed by atoms with Crippen LogP contribution < -0.4 is 5.32 Å². The largest absolute Gasteiger partial charge is 0.381 e. The van der Waals surface area contributed by atoms with Gasteiger partial charge in [0, 0.05) is 49.2 Å². The average Bonchev–Trinajstić information content (AvgIpc) is 2.48. The average molecular weight is 315 g/mol. The van der Waals surface area contributed by atoms with Gasteiger partial charge in [0.1, 0.15) is 0 Å². The highest BCUT2D eigenvalue weighted by Crippen LogP contribution is 2.31. The van der Waals surface area contributed by atoms with Gasteiger partial charge in [-0.25, -0.2) is 0 Å². The van der Waals surface area contributed by atoms with Gasteiger partial charge in [-0.3, -0.25) is 0 Å². The predicted octanol–water partition coefficient (Wildman–Crippen LogP) is 2.86. The highest BCUT2D eigenvalue weighted by molar-refractivity contribution is 8.00. The lowest BCUT2D eigenvalue weighted by Crippen LogP contribution is -2.52. The molecule has 2 fully saturated rings. The van der Waals surface area contributed by atoms with Crippen molar-refractivity contribution in [3.05, 3.63) is 0 Å². The van der Waals surface area contributed by atoms with Crippen molar-refractivity contribution in [1.82, 2.24) is 10.2 Å². The molecule has 2 heterocycles. The minimum atomic E-state index is 0.341. The molecule has 2 aliphatic rings. The van der Waals surface area contributed by atoms with Crippen molar-refractivity contribution in [3.8, 4) is 0 Å². The van der Waals surface area contributed by atoms with Gasteiger partial charge in [-0.05, 0) is 31.7 Å². The van der Waals surface area contributed by atoms with Crippen LogP contribution in [0.25, 0.3) is 0 Å². The first-order valence-corrected chi connectivity index (χ1v) is 9.81. The van der Waals surface area contributed by atoms with E-state index in [4.69, 9.17) is 4.74 Å². The predicted molar refractivity (Wildman–Crippen MR) is 93.2 cm³/mol. The summed E-state index contributed by atoms with van der Waals surface area (Å²) in [6.45, 7) is 14.8. The van der Waals surface area contributed by atoms with E-state index in [9.17, 15) is 0 Å². The maximum absolute atomic E-state index is 5.87. The third-order valence-electron chi connectivity index (χ3n) is 4.69. The van der Waals surface area contributed by atoms with E-state index in [1.165, 1.54) is 44.6 Å². The number of hydrogen-bond acceptors (Lipinski definition) is 4. The van der Waals surface area contributed by atoms with E-state index >= 15 is 0 Å². The van der Waals surface area contributed by atoms with Gasteiger partial charge < -0.3 is 15.0 Å². The summed E-state index contributed by atoms with van der Waals surface area (Å²) in [4.78, 5) is 2.70. The maximum atomic E-state index is 5.87. The van der Waals surface area contributed by atoms with E-state index in [1.54, 1.807) is 0 Å². The molecule has 0 aromatic heterocycles. The summed E-state index contributed by atoms with van der Waals surface area (Å²) in [5.41, 5.74) is 0.341. The highest BCUT2D eigenvalue weighted by atomic mass is 32.2. The summed E-state index contributed by atoms with van der Waals surface area (Å²) in [7, 11) is 0. The summed E-state index contributed by atoms with van der Waals surface area (Å²) < 4.78 is 5.87. The Labute approximate surface area is 135 Å². The van der Waals surface area contributed by atoms with E-state index in [0.717, 1.165) is 37.5 Å². The van der Waals surface area contributed by atoms with Crippen LogP contribution in [-0.2, 0) is 4.74 Å². The van der Waals surface area contributed by atoms with Gasteiger partial charge in [0.05, 0.1) is 6.61 Å². The van der Waals surface area contributed by atoms with Gasteiger partial charge >= 0.3 is 0 Å². The van der Waals surface area contributed by atoms with Crippen molar-refractivity contribution < 1.29 is 4.74 Å². The molecule has 2 atom stereocenters. The Hall–Kier alpha value is 0.230. The smallest absolute Gasteiger partial charge is 0.0546 e. The van der Waals surface area contributed by atoms with Crippen LogP contribution in [-0.4, -0.2) is 61.8 Å². The van der Waals surface area contributed by atoms with Crippen LogP contribution in [0.1, 0.15) is 40.0 Å². The first-order chi connectivity index (χ1) is 10.1. The van der Waals surface area contributed by atoms with E-state index in [1.807, 2.05) is 0 Å². The molecule has 2 aliphatic heterocycles. The van der Waals surface area contributed by atoms with Crippen LogP contribution >= 0.6 is 11.8 Å². The third kappa shape index (κ3) is 5.74. The molecule has 0 saturated carbocycles. The van der Waals surface area contributed by atoms with Crippen LogP contribution in [0.15, 0.2) is 0 Å². The van der Waals surface area contributed by atoms with Crippen molar-refractivity contribution in [1.29, 1.82) is 0 Å². The molecule has 21 heavy (non-hydrogen) atoms. The van der Waals surface area contributed by atoms with Gasteiger partial charge in [-0.15, -0.1) is 0 Å². The fourth-order valence-corrected chi connectivity index (χ4v) is 4.75. The van der Waals surface area contributed by atoms with Crippen LogP contribution in [0.2, 0.25) is 0 Å². The minimum absolute atomic E-state index is 0.341. The van der Waals surface area contributed by atoms with Gasteiger partial charge in [0.2, 0.25) is 0 Å². The van der Waals surface area contributed by atoms with Gasteiger partial charge in [-0.2, -0.15) is 11.8 Å². The van der Waals surface area contributed by atoms with Crippen LogP contribution in [0.5, 0.6) is 0 Å². The van der Waals surface area contributed by atoms with Crippen molar-refractivity contribution in [2.24, 2.45) is 11.3 Å². The second kappa shape index (κ2) is 8.76. The Morgan fingerprint density at radius 2 is 2.29 bits per heavy atom. The van der Waals surface area contributed by atoms with Crippen molar-refractivity contribution in [3.63, 3.8) is 0 Å². The Kier molecular flexibility index (Phi) is 7.33. The first kappa shape index (κ1) is 17.6. The third-order valence-corrected chi connectivity index (χ3v) is 6.07. The van der Waals surface area contributed by atoms with Gasteiger partial charge in [-0.1, -0.05) is 20.8 Å². The molecule has 0 aromatic carbocycles. The Bertz CT molecular complexity index is 293. The molecule has 0 bridgehead atoms. The Balaban J connectivity index is 1.88. The normalized spacial score (nSPS) is 31.7. The molecule has 2 rings (SSSR count). The summed E-state index contributed by atoms with van der Waals surface area (Å²) in [5, 5.41) is 4.54. The van der Waals surface area contributed by atoms with E-state index in [-0.39, 0.29) is 0 Å². The summed E-state index contributed by atoms with van der Waals surface area (Å²) in [6, 6.07) is 0. The molecule has 2 saturated heterocycles. The fraction of sp³-hybridized carbons (Fsp3) is 1.00. The Morgan fingerprint density at radius 1 is 1.43 bits per heavy atom. The number of thioether (sulfide) groups is 1. The number of hydrogen-bond donors (Lipinski definition) is 1. The molecule has 0 aromatic rings. The van der Waals surface area contributed by atoms with Crippen molar-refractivity contribution >= 4 is 11.8 Å². The van der Waals surface area contributed by atoms with Crippen molar-refractivity contribution in [2.45, 2.75) is 45.3 Å². The van der Waals surface area contributed by atoms with E-state index in [0.29, 0.717) is 5.41 Å². The highest BCUT2D eigenvalue weighted by Gasteiger charge is 2.35. The minimum Gasteiger partial charge on any atom is -0.381 e. The lowest BCUT2D eigenvalue weighted by atomic mass is 9.81. The van der Waals surface area contributed by atoms with Crippen LogP contribution in [0.4, 0.5) is 0 Å². The molecule has 124 valence electrons. The molecule has 0 radical (unpaired) electrons. The summed E-state index contributed by atoms with van der Waals surface area (Å²) >= 11 is 2.16. The fourth-order valence-electron chi connectivity index (χ4n) is 3.50. The second-order valence-electron chi connectivity index (χ2n) is 7.32. The molecule has 4 heteroatoms. The topological polar surface area (TPSA) is 24.5 Å². The lowest BCUT2D eigenvalue weighted by Gasteiger charge is -2.43. The number of rotatable bonds is 7. The number of nitrogens with zero attached hydrogens (tertiary/aromatic N) is 1. The quantitative estimate of drug-likeness (QED) is 0.781. The number of nitrogens with one attached hydrogen (secondary N) is 1. The molecule has 3 nitrogen and oxygen atoms in total. The van der Waals surface area contributed by atoms with E-state index in [2.05, 4.69) is 42.7 Å². The molecule has 2 unspecified atom stereocenters. The summed E-state index contributed by atoms with van der Waals surface area (Å²) in [6.07, 6.45) is 3.85. The van der Waals surface area contributed by atoms with Crippen LogP contribution in [0, 0.1) is 11.3 Å². The van der Waals surface area contributed by atoms with Crippen LogP contribution in [0.3, 0.4) is 0 Å². The molecular formula is C17H34N2OS. The van der Waals surface area contributed by atoms with Gasteiger partial charge in [0.25, 0.3) is 0 Å². The van der Waals surface area contributed by atoms with E-state index < -0.39 is 0 Å². The zero-order valence-electron chi connectivity index (χ0n) is 14.2. The molecule has 0 spiro atoms. The molecule has 0 aliphatic carbocycles. The van der Waals surface area contributed by atoms with Crippen molar-refractivity contribution in [2.75, 3.05) is 51.7 Å². The zero-order valence-corrected chi connectivity index (χ0v) is 15.0. The maximum Gasteiger partial charge on any atom is 0.0546 e. The first-order valence-electron chi connectivity index (χ1n) is 8.76. The van der Waals surface area contributed by atoms with Gasteiger partial charge in [0.15, 0.2) is 0 Å². The standard InChI is InChI=1S/C17H34N2OS/c1-4-16-11-19(7-9-21-16)13-17(6-5-8-20-14-17)12-18-10-15(2)3/h15-16,18H,4-14H2,1-3H3. The zero-order chi connectivity index (χ0) is 15.1. The lowest BCUT2D eigenvalue weighted by molar-refractivity contribution is -0.0260.